The zero-order valence-electron chi connectivity index (χ0n) is 12.2. The van der Waals surface area contributed by atoms with E-state index in [4.69, 9.17) is 0 Å². The molecule has 3 nitrogen and oxygen atoms in total. The highest BCUT2D eigenvalue weighted by molar-refractivity contribution is 7.16. The molecule has 2 rings (SSSR count). The number of aromatic nitrogens is 1. The Labute approximate surface area is 123 Å². The quantitative estimate of drug-likeness (QED) is 0.853. The van der Waals surface area contributed by atoms with Crippen molar-refractivity contribution in [3.8, 4) is 11.3 Å². The number of carbonyl (C=O) groups excluding carboxylic acids is 1. The van der Waals surface area contributed by atoms with Gasteiger partial charge in [0.1, 0.15) is 0 Å². The van der Waals surface area contributed by atoms with Crippen LogP contribution in [0, 0.1) is 13.8 Å². The fourth-order valence-electron chi connectivity index (χ4n) is 1.83. The van der Waals surface area contributed by atoms with Crippen LogP contribution in [0.3, 0.4) is 0 Å². The molecule has 0 saturated carbocycles. The lowest BCUT2D eigenvalue weighted by molar-refractivity contribution is -0.111. The Balaban J connectivity index is 2.24. The Bertz CT molecular complexity index is 650. The highest BCUT2D eigenvalue weighted by Crippen LogP contribution is 2.30. The third-order valence-corrected chi connectivity index (χ3v) is 3.66. The number of rotatable bonds is 3. The first-order valence-electron chi connectivity index (χ1n) is 6.46. The summed E-state index contributed by atoms with van der Waals surface area (Å²) in [5.41, 5.74) is 4.20. The first kappa shape index (κ1) is 14.5. The van der Waals surface area contributed by atoms with Gasteiger partial charge in [0.15, 0.2) is 5.13 Å². The molecule has 0 unspecified atom stereocenters. The minimum Gasteiger partial charge on any atom is -0.298 e. The molecule has 0 aliphatic carbocycles. The van der Waals surface area contributed by atoms with Gasteiger partial charge in [-0.25, -0.2) is 4.98 Å². The molecular formula is C16H18N2OS. The molecule has 0 aliphatic heterocycles. The molecule has 2 aromatic rings. The molecule has 1 amide bonds. The van der Waals surface area contributed by atoms with Gasteiger partial charge in [0.25, 0.3) is 0 Å². The summed E-state index contributed by atoms with van der Waals surface area (Å²) in [6.07, 6.45) is 1.57. The number of nitrogens with one attached hydrogen (secondary N) is 1. The average Bonchev–Trinajstić information content (AvgIpc) is 2.70. The number of benzene rings is 1. The zero-order valence-corrected chi connectivity index (χ0v) is 13.0. The van der Waals surface area contributed by atoms with Gasteiger partial charge in [-0.15, -0.1) is 11.3 Å². The summed E-state index contributed by atoms with van der Waals surface area (Å²) < 4.78 is 0. The predicted octanol–water partition coefficient (Wildman–Crippen LogP) is 4.33. The van der Waals surface area contributed by atoms with E-state index in [0.29, 0.717) is 5.13 Å². The van der Waals surface area contributed by atoms with E-state index in [0.717, 1.165) is 21.7 Å². The van der Waals surface area contributed by atoms with Crippen molar-refractivity contribution in [1.82, 2.24) is 4.98 Å². The third kappa shape index (κ3) is 3.54. The maximum Gasteiger partial charge on any atom is 0.250 e. The van der Waals surface area contributed by atoms with Gasteiger partial charge in [-0.05, 0) is 27.7 Å². The van der Waals surface area contributed by atoms with Gasteiger partial charge in [-0.1, -0.05) is 35.4 Å². The van der Waals surface area contributed by atoms with Crippen LogP contribution in [0.4, 0.5) is 5.13 Å². The van der Waals surface area contributed by atoms with Crippen LogP contribution in [-0.4, -0.2) is 10.9 Å². The highest BCUT2D eigenvalue weighted by Gasteiger charge is 2.11. The zero-order chi connectivity index (χ0) is 14.7. The Morgan fingerprint density at radius 1 is 1.20 bits per heavy atom. The maximum absolute atomic E-state index is 11.7. The Kier molecular flexibility index (Phi) is 4.35. The summed E-state index contributed by atoms with van der Waals surface area (Å²) in [6, 6.07) is 8.24. The van der Waals surface area contributed by atoms with E-state index in [1.54, 1.807) is 6.08 Å². The standard InChI is InChI=1S/C16H18N2OS/c1-10(2)9-14(19)17-16-18-15(12(4)20-16)13-7-5-11(3)6-8-13/h5-9H,1-4H3,(H,17,18,19). The Hall–Kier alpha value is -1.94. The summed E-state index contributed by atoms with van der Waals surface area (Å²) in [7, 11) is 0. The monoisotopic (exact) mass is 286 g/mol. The highest BCUT2D eigenvalue weighted by atomic mass is 32.1. The molecule has 104 valence electrons. The van der Waals surface area contributed by atoms with E-state index < -0.39 is 0 Å². The van der Waals surface area contributed by atoms with Crippen LogP contribution >= 0.6 is 11.3 Å². The molecule has 0 bridgehead atoms. The van der Waals surface area contributed by atoms with Crippen molar-refractivity contribution in [2.75, 3.05) is 5.32 Å². The topological polar surface area (TPSA) is 42.0 Å². The molecule has 1 heterocycles. The molecule has 0 atom stereocenters. The summed E-state index contributed by atoms with van der Waals surface area (Å²) in [4.78, 5) is 17.3. The van der Waals surface area contributed by atoms with Crippen molar-refractivity contribution < 1.29 is 4.79 Å². The van der Waals surface area contributed by atoms with Crippen LogP contribution in [-0.2, 0) is 4.79 Å². The second kappa shape index (κ2) is 6.01. The van der Waals surface area contributed by atoms with E-state index in [-0.39, 0.29) is 5.91 Å². The van der Waals surface area contributed by atoms with E-state index in [2.05, 4.69) is 41.5 Å². The summed E-state index contributed by atoms with van der Waals surface area (Å²) in [6.45, 7) is 7.86. The van der Waals surface area contributed by atoms with Crippen molar-refractivity contribution in [2.45, 2.75) is 27.7 Å². The molecule has 0 radical (unpaired) electrons. The number of carbonyl (C=O) groups is 1. The normalized spacial score (nSPS) is 10.2. The van der Waals surface area contributed by atoms with Crippen LogP contribution in [0.2, 0.25) is 0 Å². The second-order valence-corrected chi connectivity index (χ2v) is 6.20. The van der Waals surface area contributed by atoms with Crippen LogP contribution in [0.5, 0.6) is 0 Å². The number of hydrogen-bond acceptors (Lipinski definition) is 3. The van der Waals surface area contributed by atoms with Crippen molar-refractivity contribution in [1.29, 1.82) is 0 Å². The van der Waals surface area contributed by atoms with Gasteiger partial charge in [-0.2, -0.15) is 0 Å². The lowest BCUT2D eigenvalue weighted by atomic mass is 10.1. The van der Waals surface area contributed by atoms with Gasteiger partial charge in [-0.3, -0.25) is 10.1 Å². The fourth-order valence-corrected chi connectivity index (χ4v) is 2.67. The largest absolute Gasteiger partial charge is 0.298 e. The van der Waals surface area contributed by atoms with Gasteiger partial charge < -0.3 is 0 Å². The molecule has 0 aliphatic rings. The minimum atomic E-state index is -0.130. The summed E-state index contributed by atoms with van der Waals surface area (Å²) >= 11 is 1.50. The molecule has 1 aromatic heterocycles. The van der Waals surface area contributed by atoms with E-state index in [1.165, 1.54) is 16.9 Å². The van der Waals surface area contributed by atoms with Crippen LogP contribution in [0.15, 0.2) is 35.9 Å². The minimum absolute atomic E-state index is 0.130. The summed E-state index contributed by atoms with van der Waals surface area (Å²) in [5, 5.41) is 3.45. The predicted molar refractivity (Wildman–Crippen MR) is 85.1 cm³/mol. The fraction of sp³-hybridized carbons (Fsp3) is 0.250. The molecule has 4 heteroatoms. The number of nitrogens with zero attached hydrogens (tertiary/aromatic N) is 1. The number of allylic oxidation sites excluding steroid dienone is 1. The van der Waals surface area contributed by atoms with Crippen molar-refractivity contribution in [3.63, 3.8) is 0 Å². The average molecular weight is 286 g/mol. The third-order valence-electron chi connectivity index (χ3n) is 2.77. The first-order valence-corrected chi connectivity index (χ1v) is 7.27. The molecule has 1 N–H and O–H groups in total. The maximum atomic E-state index is 11.7. The second-order valence-electron chi connectivity index (χ2n) is 5.00. The van der Waals surface area contributed by atoms with E-state index >= 15 is 0 Å². The number of hydrogen-bond donors (Lipinski definition) is 1. The molecule has 1 aromatic carbocycles. The van der Waals surface area contributed by atoms with Gasteiger partial charge in [0, 0.05) is 16.5 Å². The van der Waals surface area contributed by atoms with Crippen molar-refractivity contribution >= 4 is 22.4 Å². The first-order chi connectivity index (χ1) is 9.45. The Morgan fingerprint density at radius 3 is 2.45 bits per heavy atom. The molecule has 0 saturated heterocycles. The molecule has 0 fully saturated rings. The van der Waals surface area contributed by atoms with Crippen LogP contribution in [0.25, 0.3) is 11.3 Å². The van der Waals surface area contributed by atoms with E-state index in [1.807, 2.05) is 20.8 Å². The number of thiazole rings is 1. The molecule has 0 spiro atoms. The number of aryl methyl sites for hydroxylation is 2. The van der Waals surface area contributed by atoms with Gasteiger partial charge in [0.2, 0.25) is 5.91 Å². The van der Waals surface area contributed by atoms with Gasteiger partial charge >= 0.3 is 0 Å². The van der Waals surface area contributed by atoms with Crippen molar-refractivity contribution in [3.05, 3.63) is 46.4 Å². The lowest BCUT2D eigenvalue weighted by Gasteiger charge is -1.99. The molecule has 20 heavy (non-hydrogen) atoms. The van der Waals surface area contributed by atoms with Crippen LogP contribution in [0.1, 0.15) is 24.3 Å². The SMILES string of the molecule is CC(C)=CC(=O)Nc1nc(-c2ccc(C)cc2)c(C)s1. The van der Waals surface area contributed by atoms with E-state index in [9.17, 15) is 4.79 Å². The summed E-state index contributed by atoms with van der Waals surface area (Å²) in [5.74, 6) is -0.130. The molecular weight excluding hydrogens is 268 g/mol. The van der Waals surface area contributed by atoms with Gasteiger partial charge in [0.05, 0.1) is 5.69 Å². The van der Waals surface area contributed by atoms with Crippen LogP contribution < -0.4 is 5.32 Å². The lowest BCUT2D eigenvalue weighted by Crippen LogP contribution is -2.07. The number of amides is 1. The number of anilines is 1. The smallest absolute Gasteiger partial charge is 0.250 e. The van der Waals surface area contributed by atoms with Crippen molar-refractivity contribution in [2.24, 2.45) is 0 Å². The Morgan fingerprint density at radius 2 is 1.85 bits per heavy atom.